The van der Waals surface area contributed by atoms with Crippen LogP contribution < -0.4 is 19.5 Å². The van der Waals surface area contributed by atoms with Crippen LogP contribution >= 0.6 is 0 Å². The van der Waals surface area contributed by atoms with E-state index in [2.05, 4.69) is 5.32 Å². The molecule has 1 unspecified atom stereocenters. The van der Waals surface area contributed by atoms with Gasteiger partial charge in [0.1, 0.15) is 0 Å². The number of ether oxygens (including phenoxy) is 3. The summed E-state index contributed by atoms with van der Waals surface area (Å²) in [7, 11) is 4.25. The molecule has 0 aliphatic carbocycles. The molecule has 1 rings (SSSR count). The lowest BCUT2D eigenvalue weighted by Crippen LogP contribution is -2.36. The molecule has 0 aromatic heterocycles. The van der Waals surface area contributed by atoms with Crippen molar-refractivity contribution in [2.24, 2.45) is 0 Å². The smallest absolute Gasteiger partial charge is 0.334 e. The van der Waals surface area contributed by atoms with E-state index in [1.54, 1.807) is 0 Å². The van der Waals surface area contributed by atoms with Gasteiger partial charge >= 0.3 is 5.97 Å². The number of nitrogens with one attached hydrogen (secondary N) is 1. The molecule has 0 saturated heterocycles. The summed E-state index contributed by atoms with van der Waals surface area (Å²) in [6.07, 6.45) is -1.67. The molecule has 8 nitrogen and oxygen atoms in total. The Bertz CT molecular complexity index is 504. The fourth-order valence-corrected chi connectivity index (χ4v) is 1.59. The number of hydrogen-bond acceptors (Lipinski definition) is 6. The molecule has 116 valence electrons. The zero-order valence-corrected chi connectivity index (χ0v) is 11.9. The van der Waals surface area contributed by atoms with E-state index in [-0.39, 0.29) is 5.56 Å². The van der Waals surface area contributed by atoms with Crippen molar-refractivity contribution in [3.63, 3.8) is 0 Å². The van der Waals surface area contributed by atoms with Gasteiger partial charge in [-0.05, 0) is 12.1 Å². The van der Waals surface area contributed by atoms with E-state index < -0.39 is 24.5 Å². The van der Waals surface area contributed by atoms with E-state index >= 15 is 0 Å². The van der Waals surface area contributed by atoms with Gasteiger partial charge in [-0.15, -0.1) is 0 Å². The van der Waals surface area contributed by atoms with Crippen LogP contribution in [0.4, 0.5) is 0 Å². The molecule has 0 radical (unpaired) electrons. The molecule has 0 aliphatic heterocycles. The highest BCUT2D eigenvalue weighted by Crippen LogP contribution is 2.38. The molecule has 0 fully saturated rings. The third-order valence-corrected chi connectivity index (χ3v) is 2.67. The Morgan fingerprint density at radius 3 is 2.05 bits per heavy atom. The van der Waals surface area contributed by atoms with Gasteiger partial charge in [0.05, 0.1) is 27.9 Å². The number of benzene rings is 1. The number of methoxy groups -OCH3 is 3. The van der Waals surface area contributed by atoms with Gasteiger partial charge < -0.3 is 29.7 Å². The molecule has 0 heterocycles. The van der Waals surface area contributed by atoms with Gasteiger partial charge in [0.15, 0.2) is 17.6 Å². The summed E-state index contributed by atoms with van der Waals surface area (Å²) in [5, 5.41) is 20.0. The fraction of sp³-hybridized carbons (Fsp3) is 0.385. The fourth-order valence-electron chi connectivity index (χ4n) is 1.59. The summed E-state index contributed by atoms with van der Waals surface area (Å²) >= 11 is 0. The predicted octanol–water partition coefficient (Wildman–Crippen LogP) is -0.112. The van der Waals surface area contributed by atoms with E-state index in [1.807, 2.05) is 0 Å². The molecule has 8 heteroatoms. The average molecular weight is 299 g/mol. The molecule has 1 aromatic rings. The van der Waals surface area contributed by atoms with Crippen molar-refractivity contribution in [3.8, 4) is 17.2 Å². The summed E-state index contributed by atoms with van der Waals surface area (Å²) in [5.74, 6) is -1.07. The largest absolute Gasteiger partial charge is 0.493 e. The normalized spacial score (nSPS) is 11.4. The average Bonchev–Trinajstić information content (AvgIpc) is 2.50. The lowest BCUT2D eigenvalue weighted by Gasteiger charge is -2.14. The van der Waals surface area contributed by atoms with Crippen LogP contribution in [0.5, 0.6) is 17.2 Å². The first-order valence-electron chi connectivity index (χ1n) is 5.93. The quantitative estimate of drug-likeness (QED) is 0.643. The van der Waals surface area contributed by atoms with Crippen LogP contribution in [0, 0.1) is 0 Å². The highest BCUT2D eigenvalue weighted by atomic mass is 16.5. The van der Waals surface area contributed by atoms with Crippen LogP contribution in [-0.4, -0.2) is 56.1 Å². The maximum absolute atomic E-state index is 11.9. The van der Waals surface area contributed by atoms with Crippen molar-refractivity contribution in [1.82, 2.24) is 5.32 Å². The molecule has 0 bridgehead atoms. The monoisotopic (exact) mass is 299 g/mol. The predicted molar refractivity (Wildman–Crippen MR) is 72.1 cm³/mol. The van der Waals surface area contributed by atoms with Crippen LogP contribution in [-0.2, 0) is 4.79 Å². The van der Waals surface area contributed by atoms with E-state index in [1.165, 1.54) is 33.5 Å². The van der Waals surface area contributed by atoms with Gasteiger partial charge in [0.2, 0.25) is 5.75 Å². The van der Waals surface area contributed by atoms with Gasteiger partial charge in [-0.2, -0.15) is 0 Å². The van der Waals surface area contributed by atoms with Gasteiger partial charge in [0, 0.05) is 5.56 Å². The van der Waals surface area contributed by atoms with Crippen LogP contribution in [0.15, 0.2) is 12.1 Å². The van der Waals surface area contributed by atoms with Crippen LogP contribution in [0.3, 0.4) is 0 Å². The number of carboxylic acid groups (broad SMARTS) is 1. The Kier molecular flexibility index (Phi) is 5.79. The number of aliphatic hydroxyl groups excluding tert-OH is 1. The van der Waals surface area contributed by atoms with Crippen LogP contribution in [0.2, 0.25) is 0 Å². The molecule has 21 heavy (non-hydrogen) atoms. The summed E-state index contributed by atoms with van der Waals surface area (Å²) in [6, 6.07) is 2.84. The lowest BCUT2D eigenvalue weighted by molar-refractivity contribution is -0.146. The highest BCUT2D eigenvalue weighted by molar-refractivity contribution is 5.95. The van der Waals surface area contributed by atoms with Crippen molar-refractivity contribution in [2.45, 2.75) is 6.10 Å². The molecule has 0 aliphatic rings. The van der Waals surface area contributed by atoms with Gasteiger partial charge in [-0.1, -0.05) is 0 Å². The number of carbonyl (C=O) groups is 2. The molecular formula is C13H17NO7. The Balaban J connectivity index is 2.97. The molecule has 1 atom stereocenters. The summed E-state index contributed by atoms with van der Waals surface area (Å²) in [5.41, 5.74) is 0.182. The SMILES string of the molecule is COc1cc(C(=O)NCC(O)C(=O)O)cc(OC)c1OC. The van der Waals surface area contributed by atoms with Crippen LogP contribution in [0.1, 0.15) is 10.4 Å². The number of hydrogen-bond donors (Lipinski definition) is 3. The van der Waals surface area contributed by atoms with Crippen molar-refractivity contribution < 1.29 is 34.0 Å². The molecule has 1 amide bonds. The van der Waals surface area contributed by atoms with Crippen molar-refractivity contribution in [3.05, 3.63) is 17.7 Å². The van der Waals surface area contributed by atoms with E-state index in [4.69, 9.17) is 24.4 Å². The molecular weight excluding hydrogens is 282 g/mol. The number of carbonyl (C=O) groups excluding carboxylic acids is 1. The second-order valence-corrected chi connectivity index (χ2v) is 3.98. The number of aliphatic hydroxyl groups is 1. The third kappa shape index (κ3) is 3.99. The minimum absolute atomic E-state index is 0.182. The maximum atomic E-state index is 11.9. The topological polar surface area (TPSA) is 114 Å². The molecule has 3 N–H and O–H groups in total. The summed E-state index contributed by atoms with van der Waals surface area (Å²) in [4.78, 5) is 22.4. The van der Waals surface area contributed by atoms with E-state index in [9.17, 15) is 9.59 Å². The molecule has 1 aromatic carbocycles. The summed E-state index contributed by atoms with van der Waals surface area (Å²) in [6.45, 7) is -0.412. The third-order valence-electron chi connectivity index (χ3n) is 2.67. The number of carboxylic acids is 1. The standard InChI is InChI=1S/C13H17NO7/c1-19-9-4-7(5-10(20-2)11(9)21-3)12(16)14-6-8(15)13(17)18/h4-5,8,15H,6H2,1-3H3,(H,14,16)(H,17,18). The second-order valence-electron chi connectivity index (χ2n) is 3.98. The van der Waals surface area contributed by atoms with E-state index in [0.29, 0.717) is 17.2 Å². The number of amides is 1. The Hall–Kier alpha value is -2.48. The van der Waals surface area contributed by atoms with Crippen molar-refractivity contribution in [2.75, 3.05) is 27.9 Å². The lowest BCUT2D eigenvalue weighted by atomic mass is 10.1. The minimum Gasteiger partial charge on any atom is -0.493 e. The van der Waals surface area contributed by atoms with Crippen LogP contribution in [0.25, 0.3) is 0 Å². The molecule has 0 spiro atoms. The maximum Gasteiger partial charge on any atom is 0.334 e. The van der Waals surface area contributed by atoms with Crippen molar-refractivity contribution >= 4 is 11.9 Å². The van der Waals surface area contributed by atoms with Gasteiger partial charge in [-0.25, -0.2) is 4.79 Å². The van der Waals surface area contributed by atoms with Gasteiger partial charge in [-0.3, -0.25) is 4.79 Å². The van der Waals surface area contributed by atoms with Gasteiger partial charge in [0.25, 0.3) is 5.91 Å². The first kappa shape index (κ1) is 16.6. The number of aliphatic carboxylic acids is 1. The minimum atomic E-state index is -1.67. The molecule has 0 saturated carbocycles. The zero-order chi connectivity index (χ0) is 16.0. The van der Waals surface area contributed by atoms with Crippen molar-refractivity contribution in [1.29, 1.82) is 0 Å². The Morgan fingerprint density at radius 1 is 1.14 bits per heavy atom. The zero-order valence-electron chi connectivity index (χ0n) is 11.9. The highest BCUT2D eigenvalue weighted by Gasteiger charge is 2.19. The number of rotatable bonds is 7. The first-order chi connectivity index (χ1) is 9.94. The Morgan fingerprint density at radius 2 is 1.67 bits per heavy atom. The second kappa shape index (κ2) is 7.34. The first-order valence-corrected chi connectivity index (χ1v) is 5.93. The summed E-state index contributed by atoms with van der Waals surface area (Å²) < 4.78 is 15.3. The van der Waals surface area contributed by atoms with E-state index in [0.717, 1.165) is 0 Å². The Labute approximate surface area is 121 Å².